The van der Waals surface area contributed by atoms with E-state index >= 15 is 0 Å². The number of benzene rings is 1. The van der Waals surface area contributed by atoms with E-state index in [9.17, 15) is 4.79 Å². The zero-order valence-corrected chi connectivity index (χ0v) is 16.2. The van der Waals surface area contributed by atoms with Gasteiger partial charge in [0.15, 0.2) is 0 Å². The number of hydrogen-bond acceptors (Lipinski definition) is 4. The SMILES string of the molecule is CC(C)c1nc2oc3c(=O)n(CCc4ccccc4)cnc3c2c2c1CCC2. The minimum atomic E-state index is -0.128. The van der Waals surface area contributed by atoms with Crippen molar-refractivity contribution in [1.82, 2.24) is 14.5 Å². The van der Waals surface area contributed by atoms with Crippen LogP contribution in [-0.4, -0.2) is 14.5 Å². The lowest BCUT2D eigenvalue weighted by atomic mass is 9.99. The van der Waals surface area contributed by atoms with Gasteiger partial charge >= 0.3 is 0 Å². The van der Waals surface area contributed by atoms with Crippen molar-refractivity contribution in [3.8, 4) is 0 Å². The highest BCUT2D eigenvalue weighted by Gasteiger charge is 2.26. The van der Waals surface area contributed by atoms with E-state index in [0.717, 1.165) is 36.8 Å². The number of aryl methyl sites for hydroxylation is 3. The summed E-state index contributed by atoms with van der Waals surface area (Å²) < 4.78 is 7.63. The van der Waals surface area contributed by atoms with Gasteiger partial charge in [0, 0.05) is 6.54 Å². The van der Waals surface area contributed by atoms with Crippen molar-refractivity contribution in [3.05, 3.63) is 69.4 Å². The summed E-state index contributed by atoms with van der Waals surface area (Å²) in [7, 11) is 0. The summed E-state index contributed by atoms with van der Waals surface area (Å²) in [5.74, 6) is 0.333. The Hall–Kier alpha value is -2.95. The van der Waals surface area contributed by atoms with Crippen LogP contribution in [0.5, 0.6) is 0 Å². The molecule has 0 saturated carbocycles. The van der Waals surface area contributed by atoms with Gasteiger partial charge in [-0.25, -0.2) is 9.97 Å². The van der Waals surface area contributed by atoms with Crippen LogP contribution in [0.15, 0.2) is 45.9 Å². The van der Waals surface area contributed by atoms with Crippen molar-refractivity contribution in [2.75, 3.05) is 0 Å². The Kier molecular flexibility index (Phi) is 4.04. The topological polar surface area (TPSA) is 60.9 Å². The van der Waals surface area contributed by atoms with Crippen molar-refractivity contribution < 1.29 is 4.42 Å². The van der Waals surface area contributed by atoms with Gasteiger partial charge in [-0.3, -0.25) is 9.36 Å². The molecule has 1 aliphatic rings. The van der Waals surface area contributed by atoms with E-state index < -0.39 is 0 Å². The fourth-order valence-electron chi connectivity index (χ4n) is 4.35. The first-order valence-electron chi connectivity index (χ1n) is 10.0. The number of aromatic nitrogens is 3. The van der Waals surface area contributed by atoms with E-state index in [1.807, 2.05) is 18.2 Å². The van der Waals surface area contributed by atoms with Crippen LogP contribution in [0.4, 0.5) is 0 Å². The van der Waals surface area contributed by atoms with E-state index in [4.69, 9.17) is 9.40 Å². The average molecular weight is 373 g/mol. The predicted octanol–water partition coefficient (Wildman–Crippen LogP) is 4.39. The normalized spacial score (nSPS) is 13.7. The minimum absolute atomic E-state index is 0.128. The number of fused-ring (bicyclic) bond motifs is 5. The lowest BCUT2D eigenvalue weighted by Gasteiger charge is -2.11. The first kappa shape index (κ1) is 17.2. The van der Waals surface area contributed by atoms with Crippen LogP contribution in [0.2, 0.25) is 0 Å². The third-order valence-corrected chi connectivity index (χ3v) is 5.73. The molecule has 142 valence electrons. The Morgan fingerprint density at radius 2 is 1.93 bits per heavy atom. The summed E-state index contributed by atoms with van der Waals surface area (Å²) in [4.78, 5) is 22.5. The van der Waals surface area contributed by atoms with Crippen molar-refractivity contribution in [2.24, 2.45) is 0 Å². The van der Waals surface area contributed by atoms with Gasteiger partial charge < -0.3 is 4.42 Å². The Balaban J connectivity index is 1.63. The minimum Gasteiger partial charge on any atom is -0.430 e. The van der Waals surface area contributed by atoms with E-state index in [1.54, 1.807) is 10.9 Å². The molecular formula is C23H23N3O2. The molecular weight excluding hydrogens is 350 g/mol. The molecule has 0 spiro atoms. The van der Waals surface area contributed by atoms with Crippen LogP contribution in [0, 0.1) is 0 Å². The third kappa shape index (κ3) is 2.65. The molecule has 0 bridgehead atoms. The third-order valence-electron chi connectivity index (χ3n) is 5.73. The molecule has 1 aromatic carbocycles. The second kappa shape index (κ2) is 6.59. The predicted molar refractivity (Wildman–Crippen MR) is 110 cm³/mol. The highest BCUT2D eigenvalue weighted by atomic mass is 16.3. The molecule has 5 rings (SSSR count). The maximum Gasteiger partial charge on any atom is 0.297 e. The van der Waals surface area contributed by atoms with Gasteiger partial charge in [-0.15, -0.1) is 0 Å². The molecule has 0 atom stereocenters. The van der Waals surface area contributed by atoms with Gasteiger partial charge in [0.25, 0.3) is 5.56 Å². The highest BCUT2D eigenvalue weighted by Crippen LogP contribution is 2.37. The summed E-state index contributed by atoms with van der Waals surface area (Å²) in [6.07, 6.45) is 5.60. The maximum absolute atomic E-state index is 13.0. The first-order chi connectivity index (χ1) is 13.6. The van der Waals surface area contributed by atoms with Gasteiger partial charge in [0.2, 0.25) is 11.3 Å². The zero-order chi connectivity index (χ0) is 19.3. The molecule has 4 aromatic rings. The summed E-state index contributed by atoms with van der Waals surface area (Å²) in [6.45, 7) is 4.89. The maximum atomic E-state index is 13.0. The molecule has 3 aromatic heterocycles. The summed E-state index contributed by atoms with van der Waals surface area (Å²) >= 11 is 0. The fraction of sp³-hybridized carbons (Fsp3) is 0.348. The standard InChI is InChI=1S/C23H23N3O2/c1-14(2)19-17-10-6-9-16(17)18-20-21(28-22(18)25-19)23(27)26(13-24-20)12-11-15-7-4-3-5-8-15/h3-5,7-8,13-14H,6,9-12H2,1-2H3. The van der Waals surface area contributed by atoms with Crippen LogP contribution in [0.3, 0.4) is 0 Å². The summed E-state index contributed by atoms with van der Waals surface area (Å²) in [6, 6.07) is 10.2. The molecule has 0 fully saturated rings. The Bertz CT molecular complexity index is 1240. The van der Waals surface area contributed by atoms with Gasteiger partial charge in [0.05, 0.1) is 17.4 Å². The van der Waals surface area contributed by atoms with Gasteiger partial charge in [-0.1, -0.05) is 44.2 Å². The van der Waals surface area contributed by atoms with E-state index in [-0.39, 0.29) is 5.56 Å². The molecule has 5 heteroatoms. The van der Waals surface area contributed by atoms with Gasteiger partial charge in [0.1, 0.15) is 5.52 Å². The van der Waals surface area contributed by atoms with Crippen LogP contribution in [0.25, 0.3) is 22.2 Å². The second-order valence-electron chi connectivity index (χ2n) is 7.90. The van der Waals surface area contributed by atoms with E-state index in [0.29, 0.717) is 29.3 Å². The van der Waals surface area contributed by atoms with Gasteiger partial charge in [-0.05, 0) is 48.3 Å². The Morgan fingerprint density at radius 1 is 1.14 bits per heavy atom. The van der Waals surface area contributed by atoms with Crippen LogP contribution >= 0.6 is 0 Å². The zero-order valence-electron chi connectivity index (χ0n) is 16.2. The lowest BCUT2D eigenvalue weighted by Crippen LogP contribution is -2.21. The Labute approximate surface area is 163 Å². The lowest BCUT2D eigenvalue weighted by molar-refractivity contribution is 0.610. The molecule has 0 N–H and O–H groups in total. The van der Waals surface area contributed by atoms with Crippen LogP contribution in [0.1, 0.15) is 48.6 Å². The smallest absolute Gasteiger partial charge is 0.297 e. The van der Waals surface area contributed by atoms with Crippen molar-refractivity contribution >= 4 is 22.2 Å². The summed E-state index contributed by atoms with van der Waals surface area (Å²) in [5.41, 5.74) is 6.33. The largest absolute Gasteiger partial charge is 0.430 e. The molecule has 0 unspecified atom stereocenters. The monoisotopic (exact) mass is 373 g/mol. The number of pyridine rings is 1. The molecule has 0 aliphatic heterocycles. The summed E-state index contributed by atoms with van der Waals surface area (Å²) in [5, 5.41) is 0.944. The number of furan rings is 1. The van der Waals surface area contributed by atoms with Crippen molar-refractivity contribution in [2.45, 2.75) is 52.0 Å². The molecule has 5 nitrogen and oxygen atoms in total. The highest BCUT2D eigenvalue weighted by molar-refractivity contribution is 6.03. The average Bonchev–Trinajstić information content (AvgIpc) is 3.32. The molecule has 1 aliphatic carbocycles. The number of nitrogens with zero attached hydrogens (tertiary/aromatic N) is 3. The van der Waals surface area contributed by atoms with E-state index in [1.165, 1.54) is 16.7 Å². The molecule has 0 amide bonds. The van der Waals surface area contributed by atoms with Gasteiger partial charge in [-0.2, -0.15) is 0 Å². The number of hydrogen-bond donors (Lipinski definition) is 0. The fourth-order valence-corrected chi connectivity index (χ4v) is 4.35. The van der Waals surface area contributed by atoms with Crippen molar-refractivity contribution in [1.29, 1.82) is 0 Å². The van der Waals surface area contributed by atoms with Crippen molar-refractivity contribution in [3.63, 3.8) is 0 Å². The van der Waals surface area contributed by atoms with Crippen LogP contribution in [-0.2, 0) is 25.8 Å². The van der Waals surface area contributed by atoms with Crippen LogP contribution < -0.4 is 5.56 Å². The van der Waals surface area contributed by atoms with E-state index in [2.05, 4.69) is 31.0 Å². The molecule has 0 saturated heterocycles. The number of rotatable bonds is 4. The second-order valence-corrected chi connectivity index (χ2v) is 7.90. The molecule has 3 heterocycles. The molecule has 28 heavy (non-hydrogen) atoms. The molecule has 0 radical (unpaired) electrons. The Morgan fingerprint density at radius 3 is 2.71 bits per heavy atom. The quantitative estimate of drug-likeness (QED) is 0.532. The first-order valence-corrected chi connectivity index (χ1v) is 10.0.